The zero-order valence-electron chi connectivity index (χ0n) is 14.9. The Balaban J connectivity index is 2.25. The van der Waals surface area contributed by atoms with Crippen LogP contribution in [0.5, 0.6) is 0 Å². The Morgan fingerprint density at radius 2 is 1.25 bits per heavy atom. The number of allylic oxidation sites excluding steroid dienone is 2. The molecule has 4 heteroatoms. The van der Waals surface area contributed by atoms with E-state index in [1.807, 2.05) is 0 Å². The average molecular weight is 341 g/mol. The summed E-state index contributed by atoms with van der Waals surface area (Å²) in [6.45, 7) is -0.0358. The van der Waals surface area contributed by atoms with Gasteiger partial charge in [0.2, 0.25) is 0 Å². The first-order chi connectivity index (χ1) is 11.8. The van der Waals surface area contributed by atoms with Gasteiger partial charge in [0, 0.05) is 26.4 Å². The van der Waals surface area contributed by atoms with Gasteiger partial charge in [-0.2, -0.15) is 0 Å². The maximum atomic E-state index is 10.1. The normalized spacial score (nSPS) is 37.9. The van der Waals surface area contributed by atoms with Crippen LogP contribution >= 0.6 is 0 Å². The van der Waals surface area contributed by atoms with Gasteiger partial charge in [0.1, 0.15) is 0 Å². The van der Waals surface area contributed by atoms with Crippen LogP contribution in [0.25, 0.3) is 0 Å². The Morgan fingerprint density at radius 3 is 1.79 bits per heavy atom. The number of aliphatic hydroxyl groups excluding tert-OH is 4. The highest BCUT2D eigenvalue weighted by Gasteiger charge is 2.39. The van der Waals surface area contributed by atoms with Crippen molar-refractivity contribution in [2.45, 2.75) is 51.4 Å². The molecule has 0 radical (unpaired) electrons. The molecule has 2 rings (SSSR count). The molecule has 2 aliphatic carbocycles. The van der Waals surface area contributed by atoms with Gasteiger partial charge in [0.05, 0.1) is 0 Å². The minimum absolute atomic E-state index is 0.0122. The molecule has 5 atom stereocenters. The van der Waals surface area contributed by atoms with Gasteiger partial charge >= 0.3 is 0 Å². The van der Waals surface area contributed by atoms with Gasteiger partial charge in [-0.1, -0.05) is 44.3 Å². The van der Waals surface area contributed by atoms with E-state index in [1.54, 1.807) is 0 Å². The largest absolute Gasteiger partial charge is 0.396 e. The highest BCUT2D eigenvalue weighted by Crippen LogP contribution is 2.42. The smallest absolute Gasteiger partial charge is 0.0468 e. The van der Waals surface area contributed by atoms with Crippen LogP contribution in [-0.4, -0.2) is 46.9 Å². The zero-order valence-corrected chi connectivity index (χ0v) is 14.9. The predicted octanol–water partition coefficient (Wildman–Crippen LogP) is 2.36. The summed E-state index contributed by atoms with van der Waals surface area (Å²) in [7, 11) is 0. The van der Waals surface area contributed by atoms with Crippen molar-refractivity contribution in [3.8, 4) is 0 Å². The molecule has 0 spiro atoms. The molecule has 24 heavy (non-hydrogen) atoms. The highest BCUT2D eigenvalue weighted by atomic mass is 16.3. The lowest BCUT2D eigenvalue weighted by molar-refractivity contribution is -0.0168. The van der Waals surface area contributed by atoms with Gasteiger partial charge in [0.25, 0.3) is 0 Å². The summed E-state index contributed by atoms with van der Waals surface area (Å²) in [6.07, 6.45) is 13.9. The molecular formula is C20H36O4. The molecule has 0 aromatic heterocycles. The molecule has 0 saturated heterocycles. The molecule has 4 N–H and O–H groups in total. The van der Waals surface area contributed by atoms with Crippen molar-refractivity contribution in [1.29, 1.82) is 0 Å². The highest BCUT2D eigenvalue weighted by molar-refractivity contribution is 5.02. The van der Waals surface area contributed by atoms with Crippen LogP contribution in [0.1, 0.15) is 51.4 Å². The van der Waals surface area contributed by atoms with Crippen LogP contribution in [0.2, 0.25) is 0 Å². The van der Waals surface area contributed by atoms with Crippen LogP contribution in [0, 0.1) is 35.5 Å². The number of aliphatic hydroxyl groups is 4. The van der Waals surface area contributed by atoms with E-state index in [1.165, 1.54) is 44.9 Å². The molecule has 140 valence electrons. The summed E-state index contributed by atoms with van der Waals surface area (Å²) in [5.41, 5.74) is 0. The second kappa shape index (κ2) is 10.5. The van der Waals surface area contributed by atoms with E-state index in [4.69, 9.17) is 0 Å². The van der Waals surface area contributed by atoms with Crippen LogP contribution < -0.4 is 0 Å². The molecule has 5 unspecified atom stereocenters. The standard InChI is InChI=1S/C20H36O4/c21-11-16-9-6-10-17(15-7-4-2-1-3-5-8-15)19(13-23)20(14-24)18(16)12-22/h6,10,15-24H,1-5,7-9,11-14H2/b10-6-. The fourth-order valence-corrected chi connectivity index (χ4v) is 5.08. The lowest BCUT2D eigenvalue weighted by Gasteiger charge is -2.42. The van der Waals surface area contributed by atoms with Crippen LogP contribution in [-0.2, 0) is 0 Å². The Kier molecular flexibility index (Phi) is 8.74. The minimum atomic E-state index is -0.155. The number of hydrogen-bond donors (Lipinski definition) is 4. The van der Waals surface area contributed by atoms with Crippen molar-refractivity contribution in [1.82, 2.24) is 0 Å². The molecule has 0 aromatic rings. The van der Waals surface area contributed by atoms with E-state index in [0.29, 0.717) is 5.92 Å². The average Bonchev–Trinajstić information content (AvgIpc) is 2.56. The van der Waals surface area contributed by atoms with Crippen molar-refractivity contribution >= 4 is 0 Å². The van der Waals surface area contributed by atoms with Gasteiger partial charge in [-0.05, 0) is 54.8 Å². The maximum Gasteiger partial charge on any atom is 0.0468 e. The van der Waals surface area contributed by atoms with Crippen LogP contribution in [0.15, 0.2) is 12.2 Å². The van der Waals surface area contributed by atoms with Crippen molar-refractivity contribution < 1.29 is 20.4 Å². The summed E-state index contributed by atoms with van der Waals surface area (Å²) in [5, 5.41) is 39.7. The Labute approximate surface area is 146 Å². The molecule has 0 bridgehead atoms. The summed E-state index contributed by atoms with van der Waals surface area (Å²) in [6, 6.07) is 0. The van der Waals surface area contributed by atoms with E-state index in [-0.39, 0.29) is 56.0 Å². The van der Waals surface area contributed by atoms with Gasteiger partial charge in [0.15, 0.2) is 0 Å². The molecule has 0 heterocycles. The van der Waals surface area contributed by atoms with Crippen LogP contribution in [0.4, 0.5) is 0 Å². The zero-order chi connectivity index (χ0) is 17.4. The summed E-state index contributed by atoms with van der Waals surface area (Å²) >= 11 is 0. The van der Waals surface area contributed by atoms with E-state index < -0.39 is 0 Å². The van der Waals surface area contributed by atoms with Gasteiger partial charge < -0.3 is 20.4 Å². The van der Waals surface area contributed by atoms with Crippen LogP contribution in [0.3, 0.4) is 0 Å². The lowest BCUT2D eigenvalue weighted by Crippen LogP contribution is -2.42. The molecule has 0 amide bonds. The minimum Gasteiger partial charge on any atom is -0.396 e. The maximum absolute atomic E-state index is 10.1. The summed E-state index contributed by atoms with van der Waals surface area (Å²) < 4.78 is 0. The molecular weight excluding hydrogens is 304 g/mol. The third-order valence-electron chi connectivity index (χ3n) is 6.56. The Bertz CT molecular complexity index is 363. The SMILES string of the molecule is OCC1C/C=C\C(C2CCCCCCC2)C(CO)C(CO)C1CO. The van der Waals surface area contributed by atoms with Gasteiger partial charge in [-0.15, -0.1) is 0 Å². The second-order valence-electron chi connectivity index (χ2n) is 7.83. The van der Waals surface area contributed by atoms with E-state index in [9.17, 15) is 20.4 Å². The number of rotatable bonds is 5. The van der Waals surface area contributed by atoms with Crippen molar-refractivity contribution in [3.05, 3.63) is 12.2 Å². The molecule has 0 aromatic carbocycles. The Hall–Kier alpha value is -0.420. The molecule has 4 nitrogen and oxygen atoms in total. The fourth-order valence-electron chi connectivity index (χ4n) is 5.08. The lowest BCUT2D eigenvalue weighted by atomic mass is 9.64. The molecule has 1 saturated carbocycles. The van der Waals surface area contributed by atoms with E-state index >= 15 is 0 Å². The third kappa shape index (κ3) is 4.81. The summed E-state index contributed by atoms with van der Waals surface area (Å²) in [4.78, 5) is 0. The van der Waals surface area contributed by atoms with E-state index in [2.05, 4.69) is 12.2 Å². The first kappa shape index (κ1) is 19.9. The second-order valence-corrected chi connectivity index (χ2v) is 7.83. The first-order valence-electron chi connectivity index (χ1n) is 9.86. The quantitative estimate of drug-likeness (QED) is 0.579. The van der Waals surface area contributed by atoms with Crippen molar-refractivity contribution in [2.24, 2.45) is 35.5 Å². The van der Waals surface area contributed by atoms with Crippen molar-refractivity contribution in [3.63, 3.8) is 0 Å². The Morgan fingerprint density at radius 1 is 0.667 bits per heavy atom. The third-order valence-corrected chi connectivity index (χ3v) is 6.56. The monoisotopic (exact) mass is 340 g/mol. The first-order valence-corrected chi connectivity index (χ1v) is 9.86. The summed E-state index contributed by atoms with van der Waals surface area (Å²) in [5.74, 6) is 0.422. The molecule has 0 aliphatic heterocycles. The predicted molar refractivity (Wildman–Crippen MR) is 95.4 cm³/mol. The topological polar surface area (TPSA) is 80.9 Å². The van der Waals surface area contributed by atoms with E-state index in [0.717, 1.165) is 6.42 Å². The molecule has 2 aliphatic rings. The van der Waals surface area contributed by atoms with Gasteiger partial charge in [-0.25, -0.2) is 0 Å². The fraction of sp³-hybridized carbons (Fsp3) is 0.900. The van der Waals surface area contributed by atoms with Crippen molar-refractivity contribution in [2.75, 3.05) is 26.4 Å². The number of hydrogen-bond acceptors (Lipinski definition) is 4. The van der Waals surface area contributed by atoms with Gasteiger partial charge in [-0.3, -0.25) is 0 Å². The molecule has 1 fully saturated rings.